The normalized spacial score (nSPS) is 10.7. The van der Waals surface area contributed by atoms with Gasteiger partial charge in [0.25, 0.3) is 0 Å². The van der Waals surface area contributed by atoms with Crippen LogP contribution in [0.2, 0.25) is 0 Å². The number of pyridine rings is 1. The molecular formula is C20H24N4O2. The zero-order chi connectivity index (χ0) is 18.5. The average Bonchev–Trinajstić information content (AvgIpc) is 2.69. The third-order valence-electron chi connectivity index (χ3n) is 3.26. The predicted molar refractivity (Wildman–Crippen MR) is 103 cm³/mol. The van der Waals surface area contributed by atoms with Gasteiger partial charge in [-0.05, 0) is 24.6 Å². The minimum atomic E-state index is 0.431. The molecule has 0 saturated heterocycles. The maximum absolute atomic E-state index is 5.58. The molecular weight excluding hydrogens is 328 g/mol. The molecule has 0 bridgehead atoms. The van der Waals surface area contributed by atoms with Crippen LogP contribution in [-0.2, 0) is 6.54 Å². The van der Waals surface area contributed by atoms with Gasteiger partial charge >= 0.3 is 0 Å². The summed E-state index contributed by atoms with van der Waals surface area (Å²) in [5, 5.41) is 6.17. The van der Waals surface area contributed by atoms with Crippen molar-refractivity contribution in [3.63, 3.8) is 0 Å². The SMILES string of the molecule is C#CCNC(=NCc1ccc(OCCOc2ccccc2)nc1)NCC. The summed E-state index contributed by atoms with van der Waals surface area (Å²) in [6, 6.07) is 13.4. The van der Waals surface area contributed by atoms with Gasteiger partial charge in [0.1, 0.15) is 19.0 Å². The van der Waals surface area contributed by atoms with Crippen LogP contribution in [0.1, 0.15) is 12.5 Å². The summed E-state index contributed by atoms with van der Waals surface area (Å²) in [5.74, 6) is 4.60. The van der Waals surface area contributed by atoms with Crippen LogP contribution in [-0.4, -0.2) is 37.2 Å². The highest BCUT2D eigenvalue weighted by Crippen LogP contribution is 2.10. The van der Waals surface area contributed by atoms with Crippen LogP contribution in [0.5, 0.6) is 11.6 Å². The number of benzene rings is 1. The lowest BCUT2D eigenvalue weighted by atomic mass is 10.3. The van der Waals surface area contributed by atoms with Gasteiger partial charge in [-0.1, -0.05) is 30.2 Å². The number of hydrogen-bond acceptors (Lipinski definition) is 4. The van der Waals surface area contributed by atoms with Crippen molar-refractivity contribution < 1.29 is 9.47 Å². The molecule has 1 heterocycles. The second kappa shape index (κ2) is 11.4. The van der Waals surface area contributed by atoms with Crippen molar-refractivity contribution in [3.05, 3.63) is 54.2 Å². The van der Waals surface area contributed by atoms with Crippen LogP contribution < -0.4 is 20.1 Å². The predicted octanol–water partition coefficient (Wildman–Crippen LogP) is 2.23. The number of rotatable bonds is 9. The van der Waals surface area contributed by atoms with Gasteiger partial charge in [0, 0.05) is 18.8 Å². The molecule has 6 heteroatoms. The van der Waals surface area contributed by atoms with Crippen molar-refractivity contribution >= 4 is 5.96 Å². The summed E-state index contributed by atoms with van der Waals surface area (Å²) in [7, 11) is 0. The van der Waals surface area contributed by atoms with Gasteiger partial charge in [0.2, 0.25) is 5.88 Å². The Morgan fingerprint density at radius 3 is 2.62 bits per heavy atom. The van der Waals surface area contributed by atoms with Gasteiger partial charge in [0.15, 0.2) is 5.96 Å². The van der Waals surface area contributed by atoms with Crippen molar-refractivity contribution in [1.82, 2.24) is 15.6 Å². The van der Waals surface area contributed by atoms with E-state index in [1.165, 1.54) is 0 Å². The van der Waals surface area contributed by atoms with Crippen molar-refractivity contribution in [2.45, 2.75) is 13.5 Å². The molecule has 0 saturated carbocycles. The third-order valence-corrected chi connectivity index (χ3v) is 3.26. The zero-order valence-corrected chi connectivity index (χ0v) is 14.9. The molecule has 0 radical (unpaired) electrons. The highest BCUT2D eigenvalue weighted by atomic mass is 16.5. The molecule has 26 heavy (non-hydrogen) atoms. The first-order valence-corrected chi connectivity index (χ1v) is 8.53. The molecule has 2 aromatic rings. The number of nitrogens with zero attached hydrogens (tertiary/aromatic N) is 2. The Morgan fingerprint density at radius 2 is 1.92 bits per heavy atom. The van der Waals surface area contributed by atoms with Crippen molar-refractivity contribution in [3.8, 4) is 24.0 Å². The quantitative estimate of drug-likeness (QED) is 0.313. The Bertz CT molecular complexity index is 709. The molecule has 6 nitrogen and oxygen atoms in total. The van der Waals surface area contributed by atoms with Gasteiger partial charge in [-0.15, -0.1) is 6.42 Å². The molecule has 2 rings (SSSR count). The Labute approximate surface area is 154 Å². The first-order valence-electron chi connectivity index (χ1n) is 8.53. The summed E-state index contributed by atoms with van der Waals surface area (Å²) in [5.41, 5.74) is 0.982. The second-order valence-corrected chi connectivity index (χ2v) is 5.27. The zero-order valence-electron chi connectivity index (χ0n) is 14.9. The lowest BCUT2D eigenvalue weighted by Crippen LogP contribution is -2.37. The van der Waals surface area contributed by atoms with Crippen LogP contribution in [0.3, 0.4) is 0 Å². The van der Waals surface area contributed by atoms with E-state index in [1.54, 1.807) is 6.20 Å². The Kier molecular flexibility index (Phi) is 8.37. The van der Waals surface area contributed by atoms with Crippen LogP contribution >= 0.6 is 0 Å². The monoisotopic (exact) mass is 352 g/mol. The van der Waals surface area contributed by atoms with Gasteiger partial charge in [0.05, 0.1) is 13.1 Å². The summed E-state index contributed by atoms with van der Waals surface area (Å²) < 4.78 is 11.2. The minimum Gasteiger partial charge on any atom is -0.490 e. The lowest BCUT2D eigenvalue weighted by Gasteiger charge is -2.09. The van der Waals surface area contributed by atoms with Gasteiger partial charge in [-0.25, -0.2) is 9.98 Å². The van der Waals surface area contributed by atoms with Crippen LogP contribution in [0.25, 0.3) is 0 Å². The summed E-state index contributed by atoms with van der Waals surface area (Å²) in [4.78, 5) is 8.75. The van der Waals surface area contributed by atoms with Crippen LogP contribution in [0.15, 0.2) is 53.7 Å². The molecule has 1 aromatic carbocycles. The van der Waals surface area contributed by atoms with E-state index in [0.29, 0.717) is 38.1 Å². The number of nitrogens with one attached hydrogen (secondary N) is 2. The summed E-state index contributed by atoms with van der Waals surface area (Å²) >= 11 is 0. The molecule has 0 atom stereocenters. The Hall–Kier alpha value is -3.20. The Balaban J connectivity index is 1.75. The van der Waals surface area contributed by atoms with E-state index in [2.05, 4.69) is 26.5 Å². The molecule has 0 fully saturated rings. The molecule has 0 unspecified atom stereocenters. The first-order chi connectivity index (χ1) is 12.8. The van der Waals surface area contributed by atoms with Gasteiger partial charge in [-0.3, -0.25) is 0 Å². The fourth-order valence-electron chi connectivity index (χ4n) is 2.06. The minimum absolute atomic E-state index is 0.431. The topological polar surface area (TPSA) is 67.8 Å². The molecule has 136 valence electrons. The molecule has 0 spiro atoms. The number of para-hydroxylation sites is 1. The van der Waals surface area contributed by atoms with Crippen molar-refractivity contribution in [2.24, 2.45) is 4.99 Å². The molecule has 0 amide bonds. The molecule has 1 aromatic heterocycles. The average molecular weight is 352 g/mol. The van der Waals surface area contributed by atoms with Crippen molar-refractivity contribution in [2.75, 3.05) is 26.3 Å². The number of aliphatic imine (C=N–C) groups is 1. The first kappa shape index (κ1) is 19.1. The van der Waals surface area contributed by atoms with Crippen LogP contribution in [0.4, 0.5) is 0 Å². The fraction of sp³-hybridized carbons (Fsp3) is 0.300. The van der Waals surface area contributed by atoms with E-state index in [9.17, 15) is 0 Å². The van der Waals surface area contributed by atoms with Crippen molar-refractivity contribution in [1.29, 1.82) is 0 Å². The van der Waals surface area contributed by atoms with E-state index in [1.807, 2.05) is 49.4 Å². The lowest BCUT2D eigenvalue weighted by molar-refractivity contribution is 0.212. The highest BCUT2D eigenvalue weighted by Gasteiger charge is 1.99. The number of terminal acetylenes is 1. The number of aromatic nitrogens is 1. The molecule has 0 aliphatic heterocycles. The van der Waals surface area contributed by atoms with Gasteiger partial charge < -0.3 is 20.1 Å². The molecule has 2 N–H and O–H groups in total. The second-order valence-electron chi connectivity index (χ2n) is 5.27. The van der Waals surface area contributed by atoms with E-state index < -0.39 is 0 Å². The maximum Gasteiger partial charge on any atom is 0.213 e. The van der Waals surface area contributed by atoms with Gasteiger partial charge in [-0.2, -0.15) is 0 Å². The number of guanidine groups is 1. The summed E-state index contributed by atoms with van der Waals surface area (Å²) in [6.45, 7) is 4.60. The van der Waals surface area contributed by atoms with E-state index in [4.69, 9.17) is 15.9 Å². The number of ether oxygens (including phenoxy) is 2. The fourth-order valence-corrected chi connectivity index (χ4v) is 2.06. The summed E-state index contributed by atoms with van der Waals surface area (Å²) in [6.07, 6.45) is 7.00. The molecule has 0 aliphatic rings. The van der Waals surface area contributed by atoms with E-state index in [0.717, 1.165) is 17.9 Å². The standard InChI is InChI=1S/C20H24N4O2/c1-3-12-22-20(21-4-2)24-16-17-10-11-19(23-15-17)26-14-13-25-18-8-6-5-7-9-18/h1,5-11,15H,4,12-14,16H2,2H3,(H2,21,22,24). The van der Waals surface area contributed by atoms with Crippen LogP contribution in [0, 0.1) is 12.3 Å². The molecule has 0 aliphatic carbocycles. The highest BCUT2D eigenvalue weighted by molar-refractivity contribution is 5.79. The van der Waals surface area contributed by atoms with E-state index >= 15 is 0 Å². The van der Waals surface area contributed by atoms with E-state index in [-0.39, 0.29) is 0 Å². The smallest absolute Gasteiger partial charge is 0.213 e. The number of hydrogen-bond donors (Lipinski definition) is 2. The third kappa shape index (κ3) is 7.14. The Morgan fingerprint density at radius 1 is 1.12 bits per heavy atom. The maximum atomic E-state index is 5.58. The largest absolute Gasteiger partial charge is 0.490 e.